The maximum Gasteiger partial charge on any atom is 0.305 e. The molecule has 0 saturated carbocycles. The predicted molar refractivity (Wildman–Crippen MR) is 124 cm³/mol. The van der Waals surface area contributed by atoms with Crippen LogP contribution in [-0.4, -0.2) is 58.1 Å². The molecule has 0 saturated heterocycles. The largest absolute Gasteiger partial charge is 0.463 e. The van der Waals surface area contributed by atoms with Gasteiger partial charge in [0, 0.05) is 18.9 Å². The Morgan fingerprint density at radius 1 is 0.567 bits per heavy atom. The number of ether oxygens (including phenoxy) is 4. The average Bonchev–Trinajstić information content (AvgIpc) is 2.75. The van der Waals surface area contributed by atoms with E-state index >= 15 is 0 Å². The molecule has 0 unspecified atom stereocenters. The summed E-state index contributed by atoms with van der Waals surface area (Å²) >= 11 is 5.63. The number of carbonyl (C=O) groups is 1. The predicted octanol–water partition coefficient (Wildman–Crippen LogP) is 6.30. The molecule has 0 fully saturated rings. The smallest absolute Gasteiger partial charge is 0.305 e. The summed E-state index contributed by atoms with van der Waals surface area (Å²) in [6, 6.07) is 0. The van der Waals surface area contributed by atoms with Crippen LogP contribution in [0.2, 0.25) is 0 Å². The molecule has 0 amide bonds. The number of rotatable bonds is 25. The first-order valence-electron chi connectivity index (χ1n) is 12.3. The van der Waals surface area contributed by atoms with Crippen molar-refractivity contribution in [2.75, 3.05) is 52.1 Å². The second-order valence-electron chi connectivity index (χ2n) is 7.74. The number of unbranched alkanes of at least 4 members (excludes halogenated alkanes) is 11. The lowest BCUT2D eigenvalue weighted by atomic mass is 10.1. The number of hydrogen-bond acceptors (Lipinski definition) is 5. The minimum atomic E-state index is -0.113. The fourth-order valence-corrected chi connectivity index (χ4v) is 3.25. The highest BCUT2D eigenvalue weighted by molar-refractivity contribution is 6.17. The fourth-order valence-electron chi connectivity index (χ4n) is 3.06. The van der Waals surface area contributed by atoms with Crippen molar-refractivity contribution in [2.45, 2.75) is 96.8 Å². The molecule has 0 heterocycles. The minimum absolute atomic E-state index is 0.113. The van der Waals surface area contributed by atoms with E-state index in [-0.39, 0.29) is 5.97 Å². The van der Waals surface area contributed by atoms with Crippen molar-refractivity contribution in [3.63, 3.8) is 0 Å². The van der Waals surface area contributed by atoms with Gasteiger partial charge in [-0.3, -0.25) is 4.79 Å². The van der Waals surface area contributed by atoms with Crippen molar-refractivity contribution in [3.05, 3.63) is 0 Å². The van der Waals surface area contributed by atoms with Crippen LogP contribution in [0.15, 0.2) is 0 Å². The van der Waals surface area contributed by atoms with Gasteiger partial charge in [0.15, 0.2) is 0 Å². The van der Waals surface area contributed by atoms with Crippen molar-refractivity contribution in [2.24, 2.45) is 0 Å². The van der Waals surface area contributed by atoms with E-state index in [1.165, 1.54) is 57.8 Å². The van der Waals surface area contributed by atoms with Crippen LogP contribution < -0.4 is 0 Å². The van der Waals surface area contributed by atoms with Gasteiger partial charge in [-0.15, -0.1) is 11.6 Å². The first-order valence-corrected chi connectivity index (χ1v) is 12.8. The molecule has 180 valence electrons. The van der Waals surface area contributed by atoms with Gasteiger partial charge in [0.2, 0.25) is 0 Å². The summed E-state index contributed by atoms with van der Waals surface area (Å²) in [5.74, 6) is 0.635. The Bertz CT molecular complexity index is 342. The fraction of sp³-hybridized carbons (Fsp3) is 0.958. The van der Waals surface area contributed by atoms with Crippen LogP contribution >= 0.6 is 11.6 Å². The molecular weight excluding hydrogens is 404 g/mol. The van der Waals surface area contributed by atoms with Crippen molar-refractivity contribution < 1.29 is 23.7 Å². The second kappa shape index (κ2) is 26.7. The first-order chi connectivity index (χ1) is 14.8. The zero-order valence-corrected chi connectivity index (χ0v) is 20.2. The normalized spacial score (nSPS) is 11.1. The van der Waals surface area contributed by atoms with E-state index in [2.05, 4.69) is 6.92 Å². The topological polar surface area (TPSA) is 54.0 Å². The molecule has 0 N–H and O–H groups in total. The molecule has 0 aliphatic rings. The van der Waals surface area contributed by atoms with E-state index in [1.54, 1.807) is 0 Å². The molecule has 0 aromatic heterocycles. The van der Waals surface area contributed by atoms with Crippen molar-refractivity contribution in [3.8, 4) is 0 Å². The van der Waals surface area contributed by atoms with Crippen LogP contribution in [0.3, 0.4) is 0 Å². The van der Waals surface area contributed by atoms with E-state index in [9.17, 15) is 4.79 Å². The van der Waals surface area contributed by atoms with Crippen LogP contribution in [0.5, 0.6) is 0 Å². The third-order valence-electron chi connectivity index (χ3n) is 4.89. The Hall–Kier alpha value is -0.360. The van der Waals surface area contributed by atoms with E-state index < -0.39 is 0 Å². The van der Waals surface area contributed by atoms with E-state index in [4.69, 9.17) is 30.5 Å². The molecule has 0 rings (SSSR count). The highest BCUT2D eigenvalue weighted by Crippen LogP contribution is 2.10. The molecule has 0 aliphatic carbocycles. The molecule has 0 aliphatic heterocycles. The van der Waals surface area contributed by atoms with Gasteiger partial charge in [0.05, 0.1) is 33.0 Å². The van der Waals surface area contributed by atoms with E-state index in [0.29, 0.717) is 46.1 Å². The zero-order chi connectivity index (χ0) is 22.0. The summed E-state index contributed by atoms with van der Waals surface area (Å²) in [6.07, 6.45) is 16.3. The van der Waals surface area contributed by atoms with Gasteiger partial charge in [-0.05, 0) is 19.3 Å². The van der Waals surface area contributed by atoms with Gasteiger partial charge in [0.1, 0.15) is 6.61 Å². The van der Waals surface area contributed by atoms with Crippen LogP contribution in [-0.2, 0) is 23.7 Å². The average molecular weight is 451 g/mol. The van der Waals surface area contributed by atoms with Gasteiger partial charge in [-0.25, -0.2) is 0 Å². The highest BCUT2D eigenvalue weighted by Gasteiger charge is 2.02. The molecule has 5 nitrogen and oxygen atoms in total. The Kier molecular flexibility index (Phi) is 26.4. The number of carbonyl (C=O) groups excluding carboxylic acids is 1. The Morgan fingerprint density at radius 2 is 1.03 bits per heavy atom. The third kappa shape index (κ3) is 25.7. The molecule has 6 heteroatoms. The van der Waals surface area contributed by atoms with Gasteiger partial charge < -0.3 is 18.9 Å². The van der Waals surface area contributed by atoms with E-state index in [0.717, 1.165) is 38.2 Å². The van der Waals surface area contributed by atoms with Gasteiger partial charge in [-0.2, -0.15) is 0 Å². The molecule has 0 radical (unpaired) electrons. The van der Waals surface area contributed by atoms with Gasteiger partial charge in [-0.1, -0.05) is 71.1 Å². The van der Waals surface area contributed by atoms with Crippen molar-refractivity contribution in [1.29, 1.82) is 0 Å². The highest BCUT2D eigenvalue weighted by atomic mass is 35.5. The molecule has 0 atom stereocenters. The number of esters is 1. The summed E-state index contributed by atoms with van der Waals surface area (Å²) in [4.78, 5) is 11.7. The molecule has 0 spiro atoms. The number of alkyl halides is 1. The Labute approximate surface area is 190 Å². The summed E-state index contributed by atoms with van der Waals surface area (Å²) in [6.45, 7) is 6.01. The minimum Gasteiger partial charge on any atom is -0.463 e. The number of hydrogen-bond donors (Lipinski definition) is 0. The quantitative estimate of drug-likeness (QED) is 0.0927. The van der Waals surface area contributed by atoms with E-state index in [1.807, 2.05) is 0 Å². The van der Waals surface area contributed by atoms with Crippen LogP contribution in [0.4, 0.5) is 0 Å². The summed E-state index contributed by atoms with van der Waals surface area (Å²) in [7, 11) is 0. The second-order valence-corrected chi connectivity index (χ2v) is 8.12. The first kappa shape index (κ1) is 29.6. The third-order valence-corrected chi connectivity index (χ3v) is 5.16. The number of halogens is 1. The SMILES string of the molecule is CCCCCCCCCCCC(=O)OCCOCCOCCOCCCCCCCl. The van der Waals surface area contributed by atoms with Crippen LogP contribution in [0.1, 0.15) is 96.8 Å². The molecule has 0 bridgehead atoms. The lowest BCUT2D eigenvalue weighted by Crippen LogP contribution is -2.14. The summed E-state index contributed by atoms with van der Waals surface area (Å²) in [5, 5.41) is 0. The molecule has 30 heavy (non-hydrogen) atoms. The standard InChI is InChI=1S/C24H47ClO5/c1-2-3-4-5-6-7-8-9-12-15-24(26)30-23-22-29-21-20-28-19-18-27-17-14-11-10-13-16-25/h2-23H2,1H3. The molecular formula is C24H47ClO5. The zero-order valence-electron chi connectivity index (χ0n) is 19.5. The van der Waals surface area contributed by atoms with Crippen LogP contribution in [0.25, 0.3) is 0 Å². The summed E-state index contributed by atoms with van der Waals surface area (Å²) in [5.41, 5.74) is 0. The van der Waals surface area contributed by atoms with Gasteiger partial charge in [0.25, 0.3) is 0 Å². The van der Waals surface area contributed by atoms with Gasteiger partial charge >= 0.3 is 5.97 Å². The van der Waals surface area contributed by atoms with Crippen molar-refractivity contribution >= 4 is 17.6 Å². The lowest BCUT2D eigenvalue weighted by Gasteiger charge is -2.08. The molecule has 0 aromatic carbocycles. The maximum atomic E-state index is 11.7. The molecule has 0 aromatic rings. The Morgan fingerprint density at radius 3 is 1.63 bits per heavy atom. The lowest BCUT2D eigenvalue weighted by molar-refractivity contribution is -0.145. The van der Waals surface area contributed by atoms with Crippen molar-refractivity contribution in [1.82, 2.24) is 0 Å². The monoisotopic (exact) mass is 450 g/mol. The maximum absolute atomic E-state index is 11.7. The Balaban J connectivity index is 3.12. The van der Waals surface area contributed by atoms with Crippen LogP contribution in [0, 0.1) is 0 Å². The summed E-state index contributed by atoms with van der Waals surface area (Å²) < 4.78 is 21.5.